The Bertz CT molecular complexity index is 732. The van der Waals surface area contributed by atoms with Crippen molar-refractivity contribution in [1.82, 2.24) is 0 Å². The van der Waals surface area contributed by atoms with Gasteiger partial charge in [0.15, 0.2) is 0 Å². The van der Waals surface area contributed by atoms with Crippen LogP contribution in [0.5, 0.6) is 5.75 Å². The van der Waals surface area contributed by atoms with Gasteiger partial charge in [0.25, 0.3) is 0 Å². The standard InChI is InChI=1S/C20H23NO4/c1-14-6-9-17(10-7-14)19(22)25-18-11-8-16(13-15(18)2)5-4-12-21-20(23)24-3/h5,8,11,13-14,17H,6-7,9-10H2,1-3H3. The van der Waals surface area contributed by atoms with Gasteiger partial charge in [-0.05, 0) is 73.6 Å². The molecule has 25 heavy (non-hydrogen) atoms. The number of benzene rings is 1. The van der Waals surface area contributed by atoms with Gasteiger partial charge in [-0.2, -0.15) is 0 Å². The molecular formula is C20H23NO4. The SMILES string of the molecule is COC(=O)N=C=C=Cc1ccc(OC(=O)C2CCC(C)CC2)c(C)c1. The lowest BCUT2D eigenvalue weighted by molar-refractivity contribution is -0.140. The number of nitrogens with zero attached hydrogens (tertiary/aromatic N) is 1. The Hall–Kier alpha value is -2.61. The molecule has 0 aromatic heterocycles. The van der Waals surface area contributed by atoms with E-state index in [1.54, 1.807) is 12.1 Å². The highest BCUT2D eigenvalue weighted by molar-refractivity contribution is 5.78. The van der Waals surface area contributed by atoms with Crippen LogP contribution in [-0.2, 0) is 9.53 Å². The van der Waals surface area contributed by atoms with E-state index in [-0.39, 0.29) is 11.9 Å². The fourth-order valence-corrected chi connectivity index (χ4v) is 2.80. The average Bonchev–Trinajstić information content (AvgIpc) is 2.61. The summed E-state index contributed by atoms with van der Waals surface area (Å²) in [6.07, 6.45) is 4.89. The smallest absolute Gasteiger partial charge is 0.442 e. The second-order valence-electron chi connectivity index (χ2n) is 6.39. The van der Waals surface area contributed by atoms with Crippen LogP contribution in [0.1, 0.15) is 43.7 Å². The highest BCUT2D eigenvalue weighted by Gasteiger charge is 2.26. The van der Waals surface area contributed by atoms with Gasteiger partial charge >= 0.3 is 12.1 Å². The fraction of sp³-hybridized carbons (Fsp3) is 0.450. The van der Waals surface area contributed by atoms with Gasteiger partial charge in [0, 0.05) is 5.87 Å². The summed E-state index contributed by atoms with van der Waals surface area (Å²) in [7, 11) is 1.24. The van der Waals surface area contributed by atoms with Gasteiger partial charge < -0.3 is 9.47 Å². The molecule has 1 aliphatic rings. The summed E-state index contributed by atoms with van der Waals surface area (Å²) in [6, 6.07) is 5.45. The van der Waals surface area contributed by atoms with Crippen molar-refractivity contribution in [3.8, 4) is 5.75 Å². The highest BCUT2D eigenvalue weighted by atomic mass is 16.5. The summed E-state index contributed by atoms with van der Waals surface area (Å²) in [6.45, 7) is 4.11. The number of methoxy groups -OCH3 is 1. The van der Waals surface area contributed by atoms with Crippen molar-refractivity contribution in [3.05, 3.63) is 35.1 Å². The zero-order chi connectivity index (χ0) is 18.2. The highest BCUT2D eigenvalue weighted by Crippen LogP contribution is 2.30. The topological polar surface area (TPSA) is 65.0 Å². The molecule has 1 aromatic carbocycles. The number of hydrogen-bond donors (Lipinski definition) is 0. The van der Waals surface area contributed by atoms with Crippen LogP contribution in [0.15, 0.2) is 28.9 Å². The average molecular weight is 341 g/mol. The van der Waals surface area contributed by atoms with Gasteiger partial charge in [0.05, 0.1) is 13.0 Å². The Balaban J connectivity index is 2.02. The molecule has 0 aliphatic heterocycles. The summed E-state index contributed by atoms with van der Waals surface area (Å²) >= 11 is 0. The summed E-state index contributed by atoms with van der Waals surface area (Å²) in [5.74, 6) is 3.51. The predicted octanol–water partition coefficient (Wildman–Crippen LogP) is 4.33. The van der Waals surface area contributed by atoms with Crippen molar-refractivity contribution >= 4 is 24.0 Å². The van der Waals surface area contributed by atoms with E-state index in [1.165, 1.54) is 7.11 Å². The lowest BCUT2D eigenvalue weighted by Crippen LogP contribution is -2.25. The number of amides is 1. The zero-order valence-electron chi connectivity index (χ0n) is 14.9. The molecule has 0 radical (unpaired) electrons. The van der Waals surface area contributed by atoms with Crippen LogP contribution in [0, 0.1) is 18.8 Å². The summed E-state index contributed by atoms with van der Waals surface area (Å²) in [5, 5.41) is 0. The van der Waals surface area contributed by atoms with Crippen LogP contribution in [0.2, 0.25) is 0 Å². The minimum atomic E-state index is -0.726. The summed E-state index contributed by atoms with van der Waals surface area (Å²) < 4.78 is 9.94. The molecule has 0 bridgehead atoms. The maximum atomic E-state index is 12.3. The molecule has 0 unspecified atom stereocenters. The first-order valence-corrected chi connectivity index (χ1v) is 8.44. The third-order valence-corrected chi connectivity index (χ3v) is 4.38. The molecule has 1 amide bonds. The molecule has 2 rings (SSSR count). The molecule has 0 spiro atoms. The Morgan fingerprint density at radius 3 is 2.60 bits per heavy atom. The Kier molecular flexibility index (Phi) is 6.76. The molecular weight excluding hydrogens is 318 g/mol. The number of aliphatic imine (C=N–C) groups is 1. The van der Waals surface area contributed by atoms with E-state index in [1.807, 2.05) is 19.1 Å². The fourth-order valence-electron chi connectivity index (χ4n) is 2.80. The molecule has 1 aliphatic carbocycles. The van der Waals surface area contributed by atoms with Crippen molar-refractivity contribution in [2.45, 2.75) is 39.5 Å². The van der Waals surface area contributed by atoms with Crippen molar-refractivity contribution in [1.29, 1.82) is 0 Å². The number of aryl methyl sites for hydroxylation is 1. The number of esters is 1. The second kappa shape index (κ2) is 9.03. The molecule has 5 heteroatoms. The molecule has 0 saturated heterocycles. The van der Waals surface area contributed by atoms with Crippen molar-refractivity contribution < 1.29 is 19.1 Å². The summed E-state index contributed by atoms with van der Waals surface area (Å²) in [4.78, 5) is 26.5. The van der Waals surface area contributed by atoms with E-state index in [2.05, 4.69) is 28.3 Å². The van der Waals surface area contributed by atoms with Gasteiger partial charge in [0.2, 0.25) is 0 Å². The first kappa shape index (κ1) is 18.7. The van der Waals surface area contributed by atoms with E-state index < -0.39 is 6.09 Å². The largest absolute Gasteiger partial charge is 0.451 e. The van der Waals surface area contributed by atoms with E-state index >= 15 is 0 Å². The Morgan fingerprint density at radius 1 is 1.24 bits per heavy atom. The van der Waals surface area contributed by atoms with Crippen LogP contribution in [0.3, 0.4) is 0 Å². The van der Waals surface area contributed by atoms with Crippen LogP contribution in [0.25, 0.3) is 6.08 Å². The van der Waals surface area contributed by atoms with E-state index in [0.717, 1.165) is 36.8 Å². The van der Waals surface area contributed by atoms with Crippen LogP contribution >= 0.6 is 0 Å². The molecule has 0 heterocycles. The first-order valence-electron chi connectivity index (χ1n) is 8.44. The molecule has 5 nitrogen and oxygen atoms in total. The maximum absolute atomic E-state index is 12.3. The lowest BCUT2D eigenvalue weighted by atomic mass is 9.83. The maximum Gasteiger partial charge on any atom is 0.442 e. The van der Waals surface area contributed by atoms with Crippen LogP contribution in [-0.4, -0.2) is 25.0 Å². The van der Waals surface area contributed by atoms with Crippen LogP contribution in [0.4, 0.5) is 4.79 Å². The lowest BCUT2D eigenvalue weighted by Gasteiger charge is -2.24. The minimum Gasteiger partial charge on any atom is -0.451 e. The molecule has 0 atom stereocenters. The number of rotatable bonds is 3. The quantitative estimate of drug-likeness (QED) is 0.355. The number of hydrogen-bond acceptors (Lipinski definition) is 4. The van der Waals surface area contributed by atoms with Crippen LogP contribution < -0.4 is 4.74 Å². The van der Waals surface area contributed by atoms with Crippen molar-refractivity contribution in [3.63, 3.8) is 0 Å². The predicted molar refractivity (Wildman–Crippen MR) is 95.8 cm³/mol. The third kappa shape index (κ3) is 5.75. The van der Waals surface area contributed by atoms with Gasteiger partial charge in [-0.15, -0.1) is 4.99 Å². The van der Waals surface area contributed by atoms with Gasteiger partial charge in [-0.25, -0.2) is 4.79 Å². The number of ether oxygens (including phenoxy) is 2. The molecule has 1 fully saturated rings. The third-order valence-electron chi connectivity index (χ3n) is 4.38. The molecule has 132 valence electrons. The minimum absolute atomic E-state index is 0.00707. The number of carbonyl (C=O) groups is 2. The zero-order valence-corrected chi connectivity index (χ0v) is 14.9. The Labute approximate surface area is 148 Å². The first-order chi connectivity index (χ1) is 12.0. The second-order valence-corrected chi connectivity index (χ2v) is 6.39. The van der Waals surface area contributed by atoms with E-state index in [0.29, 0.717) is 11.7 Å². The molecule has 0 N–H and O–H groups in total. The van der Waals surface area contributed by atoms with E-state index in [9.17, 15) is 9.59 Å². The normalized spacial score (nSPS) is 19.2. The Morgan fingerprint density at radius 2 is 1.96 bits per heavy atom. The molecule has 1 saturated carbocycles. The van der Waals surface area contributed by atoms with Crippen molar-refractivity contribution in [2.24, 2.45) is 16.8 Å². The molecule has 1 aromatic rings. The summed E-state index contributed by atoms with van der Waals surface area (Å²) in [5.41, 5.74) is 4.36. The monoisotopic (exact) mass is 341 g/mol. The van der Waals surface area contributed by atoms with Gasteiger partial charge in [0.1, 0.15) is 5.75 Å². The van der Waals surface area contributed by atoms with Gasteiger partial charge in [-0.3, -0.25) is 4.79 Å². The number of carbonyl (C=O) groups excluding carboxylic acids is 2. The van der Waals surface area contributed by atoms with Crippen molar-refractivity contribution in [2.75, 3.05) is 7.11 Å². The van der Waals surface area contributed by atoms with Gasteiger partial charge in [-0.1, -0.05) is 13.0 Å². The van der Waals surface area contributed by atoms with E-state index in [4.69, 9.17) is 4.74 Å².